The molecule has 80 valence electrons. The summed E-state index contributed by atoms with van der Waals surface area (Å²) in [6.45, 7) is 1.94. The summed E-state index contributed by atoms with van der Waals surface area (Å²) in [7, 11) is 0. The second-order valence-electron chi connectivity index (χ2n) is 3.49. The molecule has 2 heterocycles. The van der Waals surface area contributed by atoms with Crippen molar-refractivity contribution in [1.82, 2.24) is 15.0 Å². The van der Waals surface area contributed by atoms with Gasteiger partial charge < -0.3 is 4.98 Å². The fraction of sp³-hybridized carbons (Fsp3) is 0.0909. The van der Waals surface area contributed by atoms with E-state index in [0.717, 1.165) is 21.2 Å². The van der Waals surface area contributed by atoms with E-state index in [1.54, 1.807) is 23.6 Å². The van der Waals surface area contributed by atoms with Crippen LogP contribution in [0, 0.1) is 12.7 Å². The summed E-state index contributed by atoms with van der Waals surface area (Å²) in [5.41, 5.74) is 1.48. The number of imidazole rings is 1. The summed E-state index contributed by atoms with van der Waals surface area (Å²) in [6, 6.07) is 4.52. The van der Waals surface area contributed by atoms with Crippen LogP contribution in [0.5, 0.6) is 0 Å². The minimum absolute atomic E-state index is 0.261. The molecule has 5 heteroatoms. The Hall–Kier alpha value is -1.75. The first-order valence-corrected chi connectivity index (χ1v) is 5.62. The van der Waals surface area contributed by atoms with E-state index in [-0.39, 0.29) is 5.82 Å². The van der Waals surface area contributed by atoms with Crippen molar-refractivity contribution in [3.8, 4) is 10.7 Å². The molecule has 0 aliphatic carbocycles. The van der Waals surface area contributed by atoms with Crippen LogP contribution in [0.2, 0.25) is 0 Å². The van der Waals surface area contributed by atoms with Gasteiger partial charge in [0.25, 0.3) is 0 Å². The smallest absolute Gasteiger partial charge is 0.150 e. The number of hydrogen-bond acceptors (Lipinski definition) is 3. The first-order valence-electron chi connectivity index (χ1n) is 4.80. The lowest BCUT2D eigenvalue weighted by Gasteiger charge is -1.86. The number of H-pyrrole nitrogens is 1. The summed E-state index contributed by atoms with van der Waals surface area (Å²) in [6.07, 6.45) is 1.77. The molecule has 0 bridgehead atoms. The molecule has 0 saturated carbocycles. The molecule has 1 aromatic carbocycles. The molecule has 0 aliphatic rings. The van der Waals surface area contributed by atoms with E-state index in [9.17, 15) is 4.39 Å². The number of fused-ring (bicyclic) bond motifs is 1. The number of halogens is 1. The highest BCUT2D eigenvalue weighted by Crippen LogP contribution is 2.25. The van der Waals surface area contributed by atoms with Crippen LogP contribution in [0.15, 0.2) is 24.4 Å². The van der Waals surface area contributed by atoms with Crippen molar-refractivity contribution in [2.75, 3.05) is 0 Å². The van der Waals surface area contributed by atoms with Crippen LogP contribution >= 0.6 is 11.3 Å². The molecule has 0 spiro atoms. The van der Waals surface area contributed by atoms with Gasteiger partial charge in [-0.25, -0.2) is 14.4 Å². The first-order chi connectivity index (χ1) is 7.72. The summed E-state index contributed by atoms with van der Waals surface area (Å²) in [5, 5.41) is 0.988. The van der Waals surface area contributed by atoms with E-state index in [2.05, 4.69) is 15.0 Å². The molecule has 2 aromatic heterocycles. The summed E-state index contributed by atoms with van der Waals surface area (Å²) >= 11 is 1.56. The van der Waals surface area contributed by atoms with Gasteiger partial charge in [0.05, 0.1) is 20.9 Å². The van der Waals surface area contributed by atoms with E-state index in [4.69, 9.17) is 0 Å². The fourth-order valence-corrected chi connectivity index (χ4v) is 2.29. The van der Waals surface area contributed by atoms with Crippen molar-refractivity contribution >= 4 is 22.4 Å². The zero-order chi connectivity index (χ0) is 11.1. The minimum Gasteiger partial charge on any atom is -0.337 e. The summed E-state index contributed by atoms with van der Waals surface area (Å²) < 4.78 is 13.0. The Morgan fingerprint density at radius 1 is 1.38 bits per heavy atom. The SMILES string of the molecule is Cc1ncc(-c2nc3ccc(F)cc3[nH]2)s1. The highest BCUT2D eigenvalue weighted by molar-refractivity contribution is 7.14. The van der Waals surface area contributed by atoms with Gasteiger partial charge in [-0.1, -0.05) is 0 Å². The Morgan fingerprint density at radius 3 is 3.00 bits per heavy atom. The van der Waals surface area contributed by atoms with Crippen molar-refractivity contribution in [3.05, 3.63) is 35.2 Å². The molecule has 0 radical (unpaired) electrons. The van der Waals surface area contributed by atoms with E-state index in [1.165, 1.54) is 12.1 Å². The molecule has 3 nitrogen and oxygen atoms in total. The lowest BCUT2D eigenvalue weighted by molar-refractivity contribution is 0.629. The Kier molecular flexibility index (Phi) is 2.00. The van der Waals surface area contributed by atoms with Gasteiger partial charge in [0.2, 0.25) is 0 Å². The number of rotatable bonds is 1. The quantitative estimate of drug-likeness (QED) is 0.701. The zero-order valence-corrected chi connectivity index (χ0v) is 9.31. The second-order valence-corrected chi connectivity index (χ2v) is 4.73. The van der Waals surface area contributed by atoms with Gasteiger partial charge >= 0.3 is 0 Å². The number of nitrogens with one attached hydrogen (secondary N) is 1. The predicted molar refractivity (Wildman–Crippen MR) is 61.9 cm³/mol. The normalized spacial score (nSPS) is 11.1. The first kappa shape index (κ1) is 9.47. The highest BCUT2D eigenvalue weighted by Gasteiger charge is 2.08. The maximum absolute atomic E-state index is 13.0. The van der Waals surface area contributed by atoms with Crippen LogP contribution in [0.3, 0.4) is 0 Å². The monoisotopic (exact) mass is 233 g/mol. The standard InChI is InChI=1S/C11H8FN3S/c1-6-13-5-10(16-6)11-14-8-3-2-7(12)4-9(8)15-11/h2-5H,1H3,(H,14,15). The zero-order valence-electron chi connectivity index (χ0n) is 8.49. The van der Waals surface area contributed by atoms with Gasteiger partial charge in [-0.3, -0.25) is 0 Å². The number of benzene rings is 1. The molecule has 0 amide bonds. The van der Waals surface area contributed by atoms with E-state index in [1.807, 2.05) is 6.92 Å². The maximum Gasteiger partial charge on any atom is 0.150 e. The third kappa shape index (κ3) is 1.49. The Morgan fingerprint density at radius 2 is 2.25 bits per heavy atom. The largest absolute Gasteiger partial charge is 0.337 e. The number of thiazole rings is 1. The second kappa shape index (κ2) is 3.38. The third-order valence-corrected chi connectivity index (χ3v) is 3.22. The van der Waals surface area contributed by atoms with Crippen molar-refractivity contribution < 1.29 is 4.39 Å². The van der Waals surface area contributed by atoms with Crippen LogP contribution in [0.4, 0.5) is 4.39 Å². The predicted octanol–water partition coefficient (Wildman–Crippen LogP) is 3.13. The van der Waals surface area contributed by atoms with Gasteiger partial charge in [-0.2, -0.15) is 0 Å². The highest BCUT2D eigenvalue weighted by atomic mass is 32.1. The molecule has 1 N–H and O–H groups in total. The van der Waals surface area contributed by atoms with Crippen molar-refractivity contribution in [1.29, 1.82) is 0 Å². The lowest BCUT2D eigenvalue weighted by Crippen LogP contribution is -1.73. The van der Waals surface area contributed by atoms with Gasteiger partial charge in [0.15, 0.2) is 0 Å². The lowest BCUT2D eigenvalue weighted by atomic mass is 10.3. The van der Waals surface area contributed by atoms with Crippen LogP contribution in [0.25, 0.3) is 21.7 Å². The summed E-state index contributed by atoms with van der Waals surface area (Å²) in [4.78, 5) is 12.6. The third-order valence-electron chi connectivity index (χ3n) is 2.30. The molecular weight excluding hydrogens is 225 g/mol. The molecule has 0 saturated heterocycles. The van der Waals surface area contributed by atoms with Crippen molar-refractivity contribution in [3.63, 3.8) is 0 Å². The Bertz CT molecular complexity index is 656. The van der Waals surface area contributed by atoms with Crippen molar-refractivity contribution in [2.45, 2.75) is 6.92 Å². The number of hydrogen-bond donors (Lipinski definition) is 1. The molecule has 3 aromatic rings. The maximum atomic E-state index is 13.0. The number of aromatic amines is 1. The van der Waals surface area contributed by atoms with Crippen LogP contribution < -0.4 is 0 Å². The van der Waals surface area contributed by atoms with E-state index < -0.39 is 0 Å². The molecule has 0 aliphatic heterocycles. The average molecular weight is 233 g/mol. The Balaban J connectivity index is 2.18. The topological polar surface area (TPSA) is 41.6 Å². The minimum atomic E-state index is -0.261. The molecular formula is C11H8FN3S. The molecule has 0 atom stereocenters. The van der Waals surface area contributed by atoms with E-state index >= 15 is 0 Å². The number of aromatic nitrogens is 3. The van der Waals surface area contributed by atoms with E-state index in [0.29, 0.717) is 5.52 Å². The molecule has 0 fully saturated rings. The molecule has 0 unspecified atom stereocenters. The van der Waals surface area contributed by atoms with Gasteiger partial charge in [0.1, 0.15) is 11.6 Å². The summed E-state index contributed by atoms with van der Waals surface area (Å²) in [5.74, 6) is 0.481. The van der Waals surface area contributed by atoms with Gasteiger partial charge in [0, 0.05) is 6.20 Å². The van der Waals surface area contributed by atoms with Crippen molar-refractivity contribution in [2.24, 2.45) is 0 Å². The van der Waals surface area contributed by atoms with Gasteiger partial charge in [-0.15, -0.1) is 11.3 Å². The Labute approximate surface area is 95.0 Å². The number of aryl methyl sites for hydroxylation is 1. The van der Waals surface area contributed by atoms with Crippen LogP contribution in [-0.2, 0) is 0 Å². The molecule has 16 heavy (non-hydrogen) atoms. The van der Waals surface area contributed by atoms with Crippen LogP contribution in [0.1, 0.15) is 5.01 Å². The molecule has 3 rings (SSSR count). The number of nitrogens with zero attached hydrogens (tertiary/aromatic N) is 2. The van der Waals surface area contributed by atoms with Gasteiger partial charge in [-0.05, 0) is 25.1 Å². The average Bonchev–Trinajstić information content (AvgIpc) is 2.83. The van der Waals surface area contributed by atoms with Crippen LogP contribution in [-0.4, -0.2) is 15.0 Å². The fourth-order valence-electron chi connectivity index (χ4n) is 1.57.